The van der Waals surface area contributed by atoms with E-state index in [0.717, 1.165) is 34.8 Å². The van der Waals surface area contributed by atoms with Gasteiger partial charge in [0.15, 0.2) is 0 Å². The molecule has 122 valence electrons. The number of rotatable bonds is 3. The first-order valence-corrected chi connectivity index (χ1v) is 8.18. The van der Waals surface area contributed by atoms with E-state index in [1.807, 2.05) is 12.3 Å². The van der Waals surface area contributed by atoms with Crippen LogP contribution in [0.3, 0.4) is 0 Å². The molecule has 0 aromatic carbocycles. The summed E-state index contributed by atoms with van der Waals surface area (Å²) in [7, 11) is 0. The number of oxazole rings is 1. The van der Waals surface area contributed by atoms with Crippen LogP contribution in [0.1, 0.15) is 12.1 Å². The number of fused-ring (bicyclic) bond motifs is 1. The molecule has 2 aromatic heterocycles. The summed E-state index contributed by atoms with van der Waals surface area (Å²) in [5, 5.41) is 5.56. The second-order valence-electron chi connectivity index (χ2n) is 5.82. The summed E-state index contributed by atoms with van der Waals surface area (Å²) < 4.78 is 5.60. The van der Waals surface area contributed by atoms with Crippen LogP contribution in [0.4, 0.5) is 0 Å². The minimum absolute atomic E-state index is 0. The second kappa shape index (κ2) is 7.79. The van der Waals surface area contributed by atoms with Crippen LogP contribution in [0.2, 0.25) is 0 Å². The van der Waals surface area contributed by atoms with Crippen LogP contribution in [-0.2, 0) is 6.54 Å². The van der Waals surface area contributed by atoms with Gasteiger partial charge in [-0.25, -0.2) is 4.98 Å². The number of likely N-dealkylation sites (tertiary alicyclic amines) is 1. The largest absolute Gasteiger partial charge is 0.444 e. The standard InChI is InChI=1S/C15H19N3OS.2ClH/c1-2-14(20-5-1)15-17-13(10-19-15)9-18-4-3-11-6-16-7-12(11)8-18;;/h1-2,5,10-12,16H,3-4,6-9H2;2*1H. The molecule has 7 heteroatoms. The molecule has 22 heavy (non-hydrogen) atoms. The summed E-state index contributed by atoms with van der Waals surface area (Å²) in [6.07, 6.45) is 3.13. The number of halogens is 2. The normalized spacial score (nSPS) is 24.4. The van der Waals surface area contributed by atoms with Crippen molar-refractivity contribution in [2.24, 2.45) is 11.8 Å². The third-order valence-corrected chi connectivity index (χ3v) is 5.32. The first-order chi connectivity index (χ1) is 9.88. The van der Waals surface area contributed by atoms with Crippen molar-refractivity contribution in [1.82, 2.24) is 15.2 Å². The summed E-state index contributed by atoms with van der Waals surface area (Å²) in [5.41, 5.74) is 1.05. The van der Waals surface area contributed by atoms with E-state index < -0.39 is 0 Å². The summed E-state index contributed by atoms with van der Waals surface area (Å²) in [4.78, 5) is 8.24. The molecule has 0 radical (unpaired) electrons. The molecule has 2 fully saturated rings. The Balaban J connectivity index is 0.000000882. The van der Waals surface area contributed by atoms with Crippen LogP contribution in [-0.4, -0.2) is 36.1 Å². The van der Waals surface area contributed by atoms with Gasteiger partial charge < -0.3 is 9.73 Å². The van der Waals surface area contributed by atoms with Gasteiger partial charge in [0, 0.05) is 13.1 Å². The Hall–Kier alpha value is -0.590. The lowest BCUT2D eigenvalue weighted by Crippen LogP contribution is -2.39. The van der Waals surface area contributed by atoms with Crippen molar-refractivity contribution in [3.8, 4) is 10.8 Å². The van der Waals surface area contributed by atoms with E-state index >= 15 is 0 Å². The van der Waals surface area contributed by atoms with Crippen molar-refractivity contribution in [2.45, 2.75) is 13.0 Å². The molecule has 4 nitrogen and oxygen atoms in total. The number of nitrogens with zero attached hydrogens (tertiary/aromatic N) is 2. The van der Waals surface area contributed by atoms with Crippen LogP contribution >= 0.6 is 36.2 Å². The molecular weight excluding hydrogens is 341 g/mol. The zero-order chi connectivity index (χ0) is 13.4. The van der Waals surface area contributed by atoms with Crippen LogP contribution in [0, 0.1) is 11.8 Å². The molecule has 2 aromatic rings. The molecule has 2 unspecified atom stereocenters. The fourth-order valence-electron chi connectivity index (χ4n) is 3.38. The number of nitrogens with one attached hydrogen (secondary N) is 1. The van der Waals surface area contributed by atoms with E-state index in [2.05, 4.69) is 26.6 Å². The second-order valence-corrected chi connectivity index (χ2v) is 6.77. The monoisotopic (exact) mass is 361 g/mol. The molecule has 2 saturated heterocycles. The number of aromatic nitrogens is 1. The predicted molar refractivity (Wildman–Crippen MR) is 94.1 cm³/mol. The van der Waals surface area contributed by atoms with Gasteiger partial charge in [-0.15, -0.1) is 36.2 Å². The molecule has 4 rings (SSSR count). The van der Waals surface area contributed by atoms with E-state index in [4.69, 9.17) is 4.42 Å². The Kier molecular flexibility index (Phi) is 6.29. The van der Waals surface area contributed by atoms with Crippen molar-refractivity contribution >= 4 is 36.2 Å². The van der Waals surface area contributed by atoms with Crippen molar-refractivity contribution in [3.05, 3.63) is 29.5 Å². The SMILES string of the molecule is Cl.Cl.c1csc(-c2nc(CN3CCC4CNCC4C3)co2)c1. The molecule has 0 spiro atoms. The minimum atomic E-state index is 0. The zero-order valence-electron chi connectivity index (χ0n) is 12.2. The van der Waals surface area contributed by atoms with Gasteiger partial charge in [0.05, 0.1) is 10.6 Å². The van der Waals surface area contributed by atoms with E-state index in [0.29, 0.717) is 0 Å². The molecule has 0 bridgehead atoms. The van der Waals surface area contributed by atoms with Gasteiger partial charge in [0.25, 0.3) is 0 Å². The summed E-state index contributed by atoms with van der Waals surface area (Å²) in [6.45, 7) is 5.69. The number of piperidine rings is 1. The molecule has 0 aliphatic carbocycles. The first kappa shape index (κ1) is 17.8. The van der Waals surface area contributed by atoms with E-state index in [1.165, 1.54) is 32.6 Å². The lowest BCUT2D eigenvalue weighted by molar-refractivity contribution is 0.141. The van der Waals surface area contributed by atoms with Gasteiger partial charge in [-0.2, -0.15) is 0 Å². The molecule has 1 N–H and O–H groups in total. The van der Waals surface area contributed by atoms with Gasteiger partial charge in [-0.05, 0) is 49.3 Å². The van der Waals surface area contributed by atoms with Gasteiger partial charge in [-0.3, -0.25) is 4.90 Å². The summed E-state index contributed by atoms with van der Waals surface area (Å²) in [5.74, 6) is 2.48. The summed E-state index contributed by atoms with van der Waals surface area (Å²) >= 11 is 1.67. The molecule has 0 amide bonds. The number of hydrogen-bond donors (Lipinski definition) is 1. The lowest BCUT2D eigenvalue weighted by atomic mass is 9.89. The van der Waals surface area contributed by atoms with Gasteiger partial charge in [0.1, 0.15) is 6.26 Å². The smallest absolute Gasteiger partial charge is 0.236 e. The van der Waals surface area contributed by atoms with Crippen molar-refractivity contribution in [1.29, 1.82) is 0 Å². The fourth-order valence-corrected chi connectivity index (χ4v) is 4.03. The number of hydrogen-bond acceptors (Lipinski definition) is 5. The third kappa shape index (κ3) is 3.66. The predicted octanol–water partition coefficient (Wildman–Crippen LogP) is 3.29. The lowest BCUT2D eigenvalue weighted by Gasteiger charge is -2.33. The van der Waals surface area contributed by atoms with E-state index in [9.17, 15) is 0 Å². The van der Waals surface area contributed by atoms with Gasteiger partial charge in [0.2, 0.25) is 5.89 Å². The van der Waals surface area contributed by atoms with Gasteiger partial charge in [-0.1, -0.05) is 6.07 Å². The van der Waals surface area contributed by atoms with Crippen molar-refractivity contribution in [3.63, 3.8) is 0 Å². The average molecular weight is 362 g/mol. The van der Waals surface area contributed by atoms with Gasteiger partial charge >= 0.3 is 0 Å². The van der Waals surface area contributed by atoms with Crippen LogP contribution in [0.25, 0.3) is 10.8 Å². The Bertz CT molecular complexity index is 575. The Morgan fingerprint density at radius 1 is 1.32 bits per heavy atom. The molecule has 2 aliphatic rings. The van der Waals surface area contributed by atoms with Crippen molar-refractivity contribution < 1.29 is 4.42 Å². The van der Waals surface area contributed by atoms with Crippen LogP contribution < -0.4 is 5.32 Å². The first-order valence-electron chi connectivity index (χ1n) is 7.30. The minimum Gasteiger partial charge on any atom is -0.444 e. The van der Waals surface area contributed by atoms with Crippen LogP contribution in [0.5, 0.6) is 0 Å². The quantitative estimate of drug-likeness (QED) is 0.910. The maximum absolute atomic E-state index is 5.60. The molecule has 2 atom stereocenters. The molecular formula is C15H21Cl2N3OS. The fraction of sp³-hybridized carbons (Fsp3) is 0.533. The maximum Gasteiger partial charge on any atom is 0.236 e. The average Bonchev–Trinajstić information content (AvgIpc) is 3.19. The highest BCUT2D eigenvalue weighted by molar-refractivity contribution is 7.13. The highest BCUT2D eigenvalue weighted by atomic mass is 35.5. The highest BCUT2D eigenvalue weighted by Crippen LogP contribution is 2.28. The third-order valence-electron chi connectivity index (χ3n) is 4.46. The molecule has 4 heterocycles. The van der Waals surface area contributed by atoms with Crippen LogP contribution in [0.15, 0.2) is 28.2 Å². The topological polar surface area (TPSA) is 41.3 Å². The Morgan fingerprint density at radius 3 is 3.00 bits per heavy atom. The summed E-state index contributed by atoms with van der Waals surface area (Å²) in [6, 6.07) is 4.08. The molecule has 2 aliphatic heterocycles. The number of thiophene rings is 1. The van der Waals surface area contributed by atoms with E-state index in [-0.39, 0.29) is 24.8 Å². The zero-order valence-corrected chi connectivity index (χ0v) is 14.7. The maximum atomic E-state index is 5.60. The Labute approximate surface area is 147 Å². The van der Waals surface area contributed by atoms with Crippen molar-refractivity contribution in [2.75, 3.05) is 26.2 Å². The van der Waals surface area contributed by atoms with E-state index in [1.54, 1.807) is 11.3 Å². The highest BCUT2D eigenvalue weighted by Gasteiger charge is 2.32. The molecule has 0 saturated carbocycles. The Morgan fingerprint density at radius 2 is 2.18 bits per heavy atom.